The Bertz CT molecular complexity index is 570. The van der Waals surface area contributed by atoms with E-state index in [4.69, 9.17) is 0 Å². The molecule has 0 saturated heterocycles. The fraction of sp³-hybridized carbons (Fsp3) is 0.909. The Hall–Kier alpha value is -0.670. The number of sulfonamides is 1. The number of carbonyl (C=O) groups is 1. The van der Waals surface area contributed by atoms with Crippen LogP contribution in [0.3, 0.4) is 0 Å². The van der Waals surface area contributed by atoms with Gasteiger partial charge in [0.1, 0.15) is 0 Å². The zero-order valence-electron chi connectivity index (χ0n) is 12.2. The van der Waals surface area contributed by atoms with Gasteiger partial charge in [0.25, 0.3) is 0 Å². The van der Waals surface area contributed by atoms with Gasteiger partial charge < -0.3 is 4.90 Å². The van der Waals surface area contributed by atoms with Gasteiger partial charge in [-0.2, -0.15) is 4.31 Å². The Labute approximate surface area is 120 Å². The summed E-state index contributed by atoms with van der Waals surface area (Å²) in [5.74, 6) is -0.390. The van der Waals surface area contributed by atoms with Crippen molar-refractivity contribution >= 4 is 25.8 Å². The van der Waals surface area contributed by atoms with Crippen LogP contribution in [-0.2, 0) is 24.7 Å². The van der Waals surface area contributed by atoms with Crippen molar-refractivity contribution in [2.45, 2.75) is 30.6 Å². The molecule has 0 aromatic rings. The molecule has 0 spiro atoms. The minimum atomic E-state index is -3.43. The number of amides is 1. The molecule has 0 heterocycles. The molecule has 0 unspecified atom stereocenters. The highest BCUT2D eigenvalue weighted by Crippen LogP contribution is 2.28. The molecule has 0 radical (unpaired) electrons. The first-order valence-electron chi connectivity index (χ1n) is 6.30. The number of sulfone groups is 1. The van der Waals surface area contributed by atoms with Gasteiger partial charge in [-0.3, -0.25) is 4.79 Å². The van der Waals surface area contributed by atoms with Gasteiger partial charge in [0, 0.05) is 26.4 Å². The number of rotatable bonds is 5. The minimum Gasteiger partial charge on any atom is -0.340 e. The second-order valence-electron chi connectivity index (χ2n) is 5.39. The van der Waals surface area contributed by atoms with Crippen LogP contribution in [0.2, 0.25) is 0 Å². The Morgan fingerprint density at radius 3 is 2.10 bits per heavy atom. The van der Waals surface area contributed by atoms with Crippen LogP contribution in [0.5, 0.6) is 0 Å². The van der Waals surface area contributed by atoms with Crippen LogP contribution in [0.4, 0.5) is 0 Å². The SMILES string of the molecule is CN(C(=O)CN(C)S(C)(=O)=O)[C@@H]1CCC[C@H]1S(C)(=O)=O. The van der Waals surface area contributed by atoms with E-state index >= 15 is 0 Å². The van der Waals surface area contributed by atoms with Crippen LogP contribution in [-0.4, -0.2) is 76.4 Å². The lowest BCUT2D eigenvalue weighted by atomic mass is 10.2. The number of carbonyl (C=O) groups excluding carboxylic acids is 1. The second kappa shape index (κ2) is 5.98. The van der Waals surface area contributed by atoms with Crippen LogP contribution in [0.15, 0.2) is 0 Å². The molecule has 0 aliphatic heterocycles. The van der Waals surface area contributed by atoms with Crippen LogP contribution in [0.25, 0.3) is 0 Å². The minimum absolute atomic E-state index is 0.275. The monoisotopic (exact) mass is 326 g/mol. The second-order valence-corrected chi connectivity index (χ2v) is 9.74. The van der Waals surface area contributed by atoms with E-state index in [1.807, 2.05) is 0 Å². The summed E-state index contributed by atoms with van der Waals surface area (Å²) >= 11 is 0. The first-order valence-corrected chi connectivity index (χ1v) is 10.1. The van der Waals surface area contributed by atoms with E-state index < -0.39 is 31.0 Å². The summed E-state index contributed by atoms with van der Waals surface area (Å²) in [6.07, 6.45) is 4.12. The summed E-state index contributed by atoms with van der Waals surface area (Å²) in [6.45, 7) is -0.275. The lowest BCUT2D eigenvalue weighted by Crippen LogP contribution is -2.48. The number of hydrogen-bond acceptors (Lipinski definition) is 5. The van der Waals surface area contributed by atoms with E-state index in [0.29, 0.717) is 12.8 Å². The highest BCUT2D eigenvalue weighted by molar-refractivity contribution is 7.91. The average Bonchev–Trinajstić information content (AvgIpc) is 2.74. The molecule has 0 N–H and O–H groups in total. The molecule has 0 bridgehead atoms. The summed E-state index contributed by atoms with van der Waals surface area (Å²) in [5.41, 5.74) is 0. The van der Waals surface area contributed by atoms with Crippen LogP contribution >= 0.6 is 0 Å². The van der Waals surface area contributed by atoms with Crippen LogP contribution in [0, 0.1) is 0 Å². The predicted octanol–water partition coefficient (Wildman–Crippen LogP) is -0.698. The van der Waals surface area contributed by atoms with Crippen molar-refractivity contribution < 1.29 is 21.6 Å². The van der Waals surface area contributed by atoms with Gasteiger partial charge in [-0.25, -0.2) is 16.8 Å². The van der Waals surface area contributed by atoms with Crippen molar-refractivity contribution in [3.63, 3.8) is 0 Å². The molecule has 1 aliphatic rings. The van der Waals surface area contributed by atoms with Crippen molar-refractivity contribution in [3.05, 3.63) is 0 Å². The molecule has 1 fully saturated rings. The van der Waals surface area contributed by atoms with E-state index in [1.165, 1.54) is 25.3 Å². The molecule has 2 atom stereocenters. The van der Waals surface area contributed by atoms with E-state index in [1.54, 1.807) is 0 Å². The van der Waals surface area contributed by atoms with Crippen molar-refractivity contribution in [2.24, 2.45) is 0 Å². The molecule has 118 valence electrons. The van der Waals surface area contributed by atoms with Crippen molar-refractivity contribution in [2.75, 3.05) is 33.2 Å². The summed E-state index contributed by atoms with van der Waals surface area (Å²) < 4.78 is 47.0. The van der Waals surface area contributed by atoms with Gasteiger partial charge in [-0.15, -0.1) is 0 Å². The van der Waals surface area contributed by atoms with Crippen LogP contribution in [0.1, 0.15) is 19.3 Å². The summed E-state index contributed by atoms with van der Waals surface area (Å²) in [6, 6.07) is -0.370. The lowest BCUT2D eigenvalue weighted by molar-refractivity contribution is -0.131. The maximum absolute atomic E-state index is 12.1. The number of nitrogens with zero attached hydrogens (tertiary/aromatic N) is 2. The average molecular weight is 326 g/mol. The Kier molecular flexibility index (Phi) is 5.20. The van der Waals surface area contributed by atoms with Gasteiger partial charge in [0.15, 0.2) is 9.84 Å². The third-order valence-corrected chi connectivity index (χ3v) is 6.69. The molecular weight excluding hydrogens is 304 g/mol. The van der Waals surface area contributed by atoms with E-state index in [2.05, 4.69) is 0 Å². The van der Waals surface area contributed by atoms with Gasteiger partial charge in [-0.05, 0) is 19.3 Å². The zero-order valence-corrected chi connectivity index (χ0v) is 13.9. The summed E-state index contributed by atoms with van der Waals surface area (Å²) in [5, 5.41) is -0.556. The fourth-order valence-electron chi connectivity index (χ4n) is 2.45. The van der Waals surface area contributed by atoms with E-state index in [-0.39, 0.29) is 12.6 Å². The molecule has 0 aromatic heterocycles. The number of likely N-dealkylation sites (N-methyl/N-ethyl adjacent to an activating group) is 2. The first-order chi connectivity index (χ1) is 8.94. The molecular formula is C11H22N2O5S2. The molecule has 0 aromatic carbocycles. The Morgan fingerprint density at radius 1 is 1.10 bits per heavy atom. The standard InChI is InChI=1S/C11H22N2O5S2/c1-12(20(4,17)18)8-11(14)13(2)9-6-5-7-10(9)19(3,15)16/h9-10H,5-8H2,1-4H3/t9-,10-/m1/s1. The summed E-state index contributed by atoms with van der Waals surface area (Å²) in [7, 11) is -3.78. The summed E-state index contributed by atoms with van der Waals surface area (Å²) in [4.78, 5) is 13.5. The van der Waals surface area contributed by atoms with Crippen molar-refractivity contribution in [3.8, 4) is 0 Å². The largest absolute Gasteiger partial charge is 0.340 e. The van der Waals surface area contributed by atoms with Gasteiger partial charge in [-0.1, -0.05) is 0 Å². The molecule has 1 saturated carbocycles. The molecule has 1 rings (SSSR count). The van der Waals surface area contributed by atoms with Gasteiger partial charge in [0.2, 0.25) is 15.9 Å². The molecule has 1 aliphatic carbocycles. The van der Waals surface area contributed by atoms with Crippen LogP contribution < -0.4 is 0 Å². The number of hydrogen-bond donors (Lipinski definition) is 0. The lowest BCUT2D eigenvalue weighted by Gasteiger charge is -2.30. The maximum Gasteiger partial charge on any atom is 0.237 e. The zero-order chi connectivity index (χ0) is 15.7. The van der Waals surface area contributed by atoms with E-state index in [9.17, 15) is 21.6 Å². The topological polar surface area (TPSA) is 91.8 Å². The molecule has 9 heteroatoms. The van der Waals surface area contributed by atoms with Crippen molar-refractivity contribution in [1.29, 1.82) is 0 Å². The first kappa shape index (κ1) is 17.4. The molecule has 1 amide bonds. The van der Waals surface area contributed by atoms with Gasteiger partial charge >= 0.3 is 0 Å². The maximum atomic E-state index is 12.1. The van der Waals surface area contributed by atoms with Gasteiger partial charge in [0.05, 0.1) is 18.1 Å². The highest BCUT2D eigenvalue weighted by atomic mass is 32.2. The third-order valence-electron chi connectivity index (χ3n) is 3.78. The quantitative estimate of drug-likeness (QED) is 0.666. The normalized spacial score (nSPS) is 24.1. The molecule has 7 nitrogen and oxygen atoms in total. The molecule has 20 heavy (non-hydrogen) atoms. The van der Waals surface area contributed by atoms with E-state index in [0.717, 1.165) is 17.0 Å². The smallest absolute Gasteiger partial charge is 0.237 e. The highest BCUT2D eigenvalue weighted by Gasteiger charge is 2.39. The predicted molar refractivity (Wildman–Crippen MR) is 76.5 cm³/mol. The Balaban J connectivity index is 2.79. The van der Waals surface area contributed by atoms with Crippen molar-refractivity contribution in [1.82, 2.24) is 9.21 Å². The fourth-order valence-corrected chi connectivity index (χ4v) is 4.28. The third kappa shape index (κ3) is 4.16. The Morgan fingerprint density at radius 2 is 1.65 bits per heavy atom.